The average Bonchev–Trinajstić information content (AvgIpc) is 3.45. The van der Waals surface area contributed by atoms with E-state index in [4.69, 9.17) is 0 Å². The summed E-state index contributed by atoms with van der Waals surface area (Å²) in [6.07, 6.45) is 5.28. The van der Waals surface area contributed by atoms with Gasteiger partial charge in [-0.05, 0) is 30.7 Å². The van der Waals surface area contributed by atoms with Crippen molar-refractivity contribution in [3.05, 3.63) is 70.3 Å². The Bertz CT molecular complexity index is 1250. The fraction of sp³-hybridized carbons (Fsp3) is 0.190. The highest BCUT2D eigenvalue weighted by atomic mass is 32.1. The molecule has 0 aliphatic carbocycles. The highest BCUT2D eigenvalue weighted by Crippen LogP contribution is 2.24. The molecule has 4 aromatic rings. The molecule has 158 valence electrons. The normalized spacial score (nSPS) is 12.0. The van der Waals surface area contributed by atoms with E-state index in [0.29, 0.717) is 39.3 Å². The Morgan fingerprint density at radius 1 is 1.16 bits per heavy atom. The van der Waals surface area contributed by atoms with Crippen LogP contribution in [0, 0.1) is 5.82 Å². The largest absolute Gasteiger partial charge is 0.354 e. The zero-order valence-corrected chi connectivity index (χ0v) is 17.6. The number of carbonyl (C=O) groups is 2. The predicted octanol–water partition coefficient (Wildman–Crippen LogP) is 3.26. The van der Waals surface area contributed by atoms with Gasteiger partial charge in [-0.1, -0.05) is 6.92 Å². The van der Waals surface area contributed by atoms with Crippen LogP contribution in [0.3, 0.4) is 0 Å². The van der Waals surface area contributed by atoms with Gasteiger partial charge in [-0.15, -0.1) is 11.3 Å². The highest BCUT2D eigenvalue weighted by Gasteiger charge is 2.21. The number of amides is 2. The number of hydrogen-bond acceptors (Lipinski definition) is 6. The van der Waals surface area contributed by atoms with Crippen molar-refractivity contribution in [3.8, 4) is 5.69 Å². The molecule has 1 aromatic carbocycles. The van der Waals surface area contributed by atoms with Crippen molar-refractivity contribution in [2.45, 2.75) is 19.4 Å². The van der Waals surface area contributed by atoms with Crippen LogP contribution in [0.15, 0.2) is 48.2 Å². The summed E-state index contributed by atoms with van der Waals surface area (Å²) >= 11 is 1.32. The van der Waals surface area contributed by atoms with Crippen molar-refractivity contribution in [1.29, 1.82) is 0 Å². The molecule has 0 radical (unpaired) electrons. The van der Waals surface area contributed by atoms with Crippen LogP contribution >= 0.6 is 11.3 Å². The van der Waals surface area contributed by atoms with E-state index in [-0.39, 0.29) is 23.7 Å². The van der Waals surface area contributed by atoms with E-state index < -0.39 is 0 Å². The average molecular weight is 438 g/mol. The summed E-state index contributed by atoms with van der Waals surface area (Å²) in [6, 6.07) is 5.56. The van der Waals surface area contributed by atoms with Crippen LogP contribution in [0.4, 0.5) is 4.39 Å². The number of hydrogen-bond donors (Lipinski definition) is 2. The zero-order chi connectivity index (χ0) is 22.0. The first-order valence-electron chi connectivity index (χ1n) is 9.57. The Balaban J connectivity index is 1.62. The maximum Gasteiger partial charge on any atom is 0.270 e. The summed E-state index contributed by atoms with van der Waals surface area (Å²) in [5, 5.41) is 12.8. The van der Waals surface area contributed by atoms with E-state index in [1.807, 2.05) is 6.92 Å². The number of halogens is 1. The number of aromatic nitrogens is 4. The summed E-state index contributed by atoms with van der Waals surface area (Å²) in [6.45, 7) is 1.93. The van der Waals surface area contributed by atoms with Crippen molar-refractivity contribution in [2.24, 2.45) is 0 Å². The van der Waals surface area contributed by atoms with Crippen LogP contribution in [0.2, 0.25) is 0 Å². The zero-order valence-electron chi connectivity index (χ0n) is 16.8. The Hall–Kier alpha value is -3.66. The van der Waals surface area contributed by atoms with Gasteiger partial charge >= 0.3 is 0 Å². The van der Waals surface area contributed by atoms with Gasteiger partial charge < -0.3 is 10.6 Å². The molecule has 3 heterocycles. The molecule has 0 aliphatic rings. The van der Waals surface area contributed by atoms with E-state index in [1.54, 1.807) is 41.6 Å². The van der Waals surface area contributed by atoms with Gasteiger partial charge in [0.25, 0.3) is 11.8 Å². The van der Waals surface area contributed by atoms with Gasteiger partial charge in [-0.25, -0.2) is 14.1 Å². The van der Waals surface area contributed by atoms with Crippen molar-refractivity contribution in [3.63, 3.8) is 0 Å². The Morgan fingerprint density at radius 3 is 2.65 bits per heavy atom. The quantitative estimate of drug-likeness (QED) is 0.481. The second kappa shape index (κ2) is 8.60. The highest BCUT2D eigenvalue weighted by molar-refractivity contribution is 7.09. The molecule has 0 bridgehead atoms. The van der Waals surface area contributed by atoms with Crippen LogP contribution < -0.4 is 10.6 Å². The first-order valence-corrected chi connectivity index (χ1v) is 10.5. The number of carbonyl (C=O) groups excluding carboxylic acids is 2. The van der Waals surface area contributed by atoms with Crippen molar-refractivity contribution >= 4 is 34.1 Å². The molecule has 4 rings (SSSR count). The fourth-order valence-electron chi connectivity index (χ4n) is 3.17. The first-order chi connectivity index (χ1) is 15.0. The van der Waals surface area contributed by atoms with Crippen LogP contribution in [-0.2, 0) is 0 Å². The summed E-state index contributed by atoms with van der Waals surface area (Å²) in [5.41, 5.74) is 1.97. The lowest BCUT2D eigenvalue weighted by Crippen LogP contribution is -2.28. The van der Waals surface area contributed by atoms with Gasteiger partial charge in [0.2, 0.25) is 0 Å². The van der Waals surface area contributed by atoms with Crippen LogP contribution in [0.5, 0.6) is 0 Å². The third-order valence-electron chi connectivity index (χ3n) is 4.81. The van der Waals surface area contributed by atoms with E-state index in [2.05, 4.69) is 25.7 Å². The Morgan fingerprint density at radius 2 is 1.94 bits per heavy atom. The molecule has 0 saturated carbocycles. The maximum atomic E-state index is 13.3. The van der Waals surface area contributed by atoms with Crippen molar-refractivity contribution < 1.29 is 14.0 Å². The van der Waals surface area contributed by atoms with Crippen molar-refractivity contribution in [2.75, 3.05) is 7.05 Å². The molecule has 10 heteroatoms. The standard InChI is InChI=1S/C21H19FN6O2S/c1-3-16(21-27-17(11-31-21)20(30)23-2)26-19(29)15-8-24-10-18-14(15)9-25-28(18)13-6-4-12(22)5-7-13/h4-11,16H,3H2,1-2H3,(H,23,30)(H,26,29)/t16-/m0/s1. The Kier molecular flexibility index (Phi) is 5.72. The van der Waals surface area contributed by atoms with Gasteiger partial charge in [-0.2, -0.15) is 5.10 Å². The number of pyridine rings is 1. The lowest BCUT2D eigenvalue weighted by molar-refractivity contribution is 0.0936. The number of rotatable bonds is 6. The number of nitrogens with zero attached hydrogens (tertiary/aromatic N) is 4. The molecular formula is C21H19FN6O2S. The molecule has 0 fully saturated rings. The minimum Gasteiger partial charge on any atom is -0.354 e. The minimum absolute atomic E-state index is 0.272. The number of fused-ring (bicyclic) bond motifs is 1. The number of thiazole rings is 1. The van der Waals surface area contributed by atoms with E-state index in [1.165, 1.54) is 29.7 Å². The van der Waals surface area contributed by atoms with Gasteiger partial charge in [0, 0.05) is 24.0 Å². The van der Waals surface area contributed by atoms with Crippen LogP contribution in [0.25, 0.3) is 16.6 Å². The SMILES string of the molecule is CC[C@H](NC(=O)c1cncc2c1cnn2-c1ccc(F)cc1)c1nc(C(=O)NC)cs1. The first kappa shape index (κ1) is 20.6. The minimum atomic E-state index is -0.349. The summed E-state index contributed by atoms with van der Waals surface area (Å²) in [5.74, 6) is -0.933. The molecule has 0 aliphatic heterocycles. The molecular weight excluding hydrogens is 419 g/mol. The lowest BCUT2D eigenvalue weighted by Gasteiger charge is -2.14. The molecule has 0 saturated heterocycles. The molecule has 0 unspecified atom stereocenters. The number of benzene rings is 1. The molecule has 2 N–H and O–H groups in total. The van der Waals surface area contributed by atoms with Gasteiger partial charge in [0.05, 0.1) is 35.2 Å². The van der Waals surface area contributed by atoms with E-state index >= 15 is 0 Å². The molecule has 0 spiro atoms. The summed E-state index contributed by atoms with van der Waals surface area (Å²) in [4.78, 5) is 33.4. The second-order valence-electron chi connectivity index (χ2n) is 6.74. The third kappa shape index (κ3) is 4.02. The van der Waals surface area contributed by atoms with Crippen molar-refractivity contribution in [1.82, 2.24) is 30.4 Å². The molecule has 3 aromatic heterocycles. The number of nitrogens with one attached hydrogen (secondary N) is 2. The lowest BCUT2D eigenvalue weighted by atomic mass is 10.1. The van der Waals surface area contributed by atoms with Crippen LogP contribution in [0.1, 0.15) is 45.2 Å². The summed E-state index contributed by atoms with van der Waals surface area (Å²) in [7, 11) is 1.54. The maximum absolute atomic E-state index is 13.3. The monoisotopic (exact) mass is 438 g/mol. The topological polar surface area (TPSA) is 102 Å². The van der Waals surface area contributed by atoms with Gasteiger partial charge in [0.15, 0.2) is 0 Å². The predicted molar refractivity (Wildman–Crippen MR) is 115 cm³/mol. The summed E-state index contributed by atoms with van der Waals surface area (Å²) < 4.78 is 14.9. The van der Waals surface area contributed by atoms with Gasteiger partial charge in [0.1, 0.15) is 16.5 Å². The molecule has 8 nitrogen and oxygen atoms in total. The van der Waals surface area contributed by atoms with Gasteiger partial charge in [-0.3, -0.25) is 14.6 Å². The van der Waals surface area contributed by atoms with E-state index in [9.17, 15) is 14.0 Å². The Labute approximate surface area is 181 Å². The molecule has 1 atom stereocenters. The second-order valence-corrected chi connectivity index (χ2v) is 7.63. The molecule has 31 heavy (non-hydrogen) atoms. The third-order valence-corrected chi connectivity index (χ3v) is 5.76. The van der Waals surface area contributed by atoms with E-state index in [0.717, 1.165) is 0 Å². The van der Waals surface area contributed by atoms with Crippen LogP contribution in [-0.4, -0.2) is 38.6 Å². The smallest absolute Gasteiger partial charge is 0.270 e. The molecule has 2 amide bonds. The fourth-order valence-corrected chi connectivity index (χ4v) is 4.10.